The minimum absolute atomic E-state index is 0.00801. The van der Waals surface area contributed by atoms with Gasteiger partial charge in [0, 0.05) is 33.5 Å². The van der Waals surface area contributed by atoms with Crippen LogP contribution in [0.3, 0.4) is 0 Å². The molecule has 28 heavy (non-hydrogen) atoms. The van der Waals surface area contributed by atoms with E-state index in [1.807, 2.05) is 4.90 Å². The fourth-order valence-electron chi connectivity index (χ4n) is 2.26. The van der Waals surface area contributed by atoms with Gasteiger partial charge in [0.15, 0.2) is 11.6 Å². The monoisotopic (exact) mass is 420 g/mol. The number of nitrogens with one attached hydrogen (secondary N) is 1. The Labute approximate surface area is 164 Å². The molecule has 0 aliphatic rings. The van der Waals surface area contributed by atoms with Crippen LogP contribution in [0, 0.1) is 0 Å². The van der Waals surface area contributed by atoms with E-state index in [0.29, 0.717) is 38.3 Å². The summed E-state index contributed by atoms with van der Waals surface area (Å²) in [7, 11) is 3.15. The lowest BCUT2D eigenvalue weighted by atomic mass is 10.2. The number of hydrogen-bond donors (Lipinski definition) is 2. The Hall–Kier alpha value is -2.37. The third kappa shape index (κ3) is 5.57. The molecule has 2 heterocycles. The molecule has 3 N–H and O–H groups in total. The highest BCUT2D eigenvalue weighted by Gasteiger charge is 2.31. The fraction of sp³-hybridized carbons (Fsp3) is 0.438. The van der Waals surface area contributed by atoms with Gasteiger partial charge >= 0.3 is 6.18 Å². The Kier molecular flexibility index (Phi) is 7.61. The average molecular weight is 421 g/mol. The molecule has 0 aliphatic heterocycles. The van der Waals surface area contributed by atoms with E-state index in [1.165, 1.54) is 6.33 Å². The van der Waals surface area contributed by atoms with Crippen molar-refractivity contribution in [3.8, 4) is 0 Å². The van der Waals surface area contributed by atoms with Crippen molar-refractivity contribution >= 4 is 34.7 Å². The predicted octanol–water partition coefficient (Wildman–Crippen LogP) is 2.97. The molecule has 0 unspecified atom stereocenters. The van der Waals surface area contributed by atoms with Gasteiger partial charge in [-0.1, -0.05) is 11.6 Å². The molecule has 0 fully saturated rings. The molecular weight excluding hydrogens is 401 g/mol. The summed E-state index contributed by atoms with van der Waals surface area (Å²) in [4.78, 5) is 13.8. The number of anilines is 4. The van der Waals surface area contributed by atoms with Crippen molar-refractivity contribution in [1.29, 1.82) is 0 Å². The van der Waals surface area contributed by atoms with Crippen molar-refractivity contribution < 1.29 is 22.6 Å². The second kappa shape index (κ2) is 9.71. The minimum Gasteiger partial charge on any atom is -0.393 e. The van der Waals surface area contributed by atoms with Crippen molar-refractivity contribution in [2.45, 2.75) is 6.18 Å². The molecule has 2 aromatic heterocycles. The number of halogens is 4. The Morgan fingerprint density at radius 3 is 2.29 bits per heavy atom. The lowest BCUT2D eigenvalue weighted by Gasteiger charge is -2.25. The summed E-state index contributed by atoms with van der Waals surface area (Å²) in [6.07, 6.45) is -2.59. The molecule has 0 amide bonds. The van der Waals surface area contributed by atoms with Crippen LogP contribution in [0.15, 0.2) is 18.6 Å². The summed E-state index contributed by atoms with van der Waals surface area (Å²) in [5, 5.41) is 2.53. The van der Waals surface area contributed by atoms with Gasteiger partial charge in [-0.2, -0.15) is 13.2 Å². The third-order valence-electron chi connectivity index (χ3n) is 3.70. The Balaban J connectivity index is 2.29. The Morgan fingerprint density at radius 2 is 1.75 bits per heavy atom. The molecule has 0 aromatic carbocycles. The van der Waals surface area contributed by atoms with Crippen molar-refractivity contribution in [1.82, 2.24) is 15.0 Å². The van der Waals surface area contributed by atoms with E-state index in [0.717, 1.165) is 6.07 Å². The highest BCUT2D eigenvalue weighted by molar-refractivity contribution is 6.33. The largest absolute Gasteiger partial charge is 0.417 e. The van der Waals surface area contributed by atoms with E-state index >= 15 is 0 Å². The van der Waals surface area contributed by atoms with Gasteiger partial charge in [-0.25, -0.2) is 15.0 Å². The molecule has 154 valence electrons. The molecule has 0 atom stereocenters. The zero-order valence-corrected chi connectivity index (χ0v) is 16.0. The van der Waals surface area contributed by atoms with Gasteiger partial charge in [-0.05, 0) is 6.07 Å². The molecule has 12 heteroatoms. The van der Waals surface area contributed by atoms with Gasteiger partial charge in [0.25, 0.3) is 0 Å². The highest BCUT2D eigenvalue weighted by Crippen LogP contribution is 2.34. The number of pyridine rings is 1. The summed E-state index contributed by atoms with van der Waals surface area (Å²) in [6, 6.07) is 0.776. The summed E-state index contributed by atoms with van der Waals surface area (Å²) in [6.45, 7) is 1.87. The van der Waals surface area contributed by atoms with Crippen LogP contribution >= 0.6 is 11.6 Å². The standard InChI is InChI=1S/C16H20ClF3N6O2/c1-27-5-3-26(4-6-28-2)15-12(21)14(23-9-24-15)25-13-11(17)7-10(8-22-13)16(18,19)20/h7-9H,3-6,21H2,1-2H3,(H,22,23,24,25). The molecule has 0 radical (unpaired) electrons. The number of aromatic nitrogens is 3. The second-order valence-electron chi connectivity index (χ2n) is 5.61. The maximum Gasteiger partial charge on any atom is 0.417 e. The molecule has 0 bridgehead atoms. The zero-order valence-electron chi connectivity index (χ0n) is 15.3. The summed E-state index contributed by atoms with van der Waals surface area (Å²) < 4.78 is 48.4. The molecule has 0 aliphatic carbocycles. The first-order valence-electron chi connectivity index (χ1n) is 8.11. The number of alkyl halides is 3. The molecule has 0 saturated carbocycles. The van der Waals surface area contributed by atoms with Gasteiger partial charge in [0.05, 0.1) is 23.8 Å². The Morgan fingerprint density at radius 1 is 1.11 bits per heavy atom. The minimum atomic E-state index is -4.54. The third-order valence-corrected chi connectivity index (χ3v) is 3.99. The normalized spacial score (nSPS) is 11.5. The second-order valence-corrected chi connectivity index (χ2v) is 6.02. The first-order chi connectivity index (χ1) is 13.3. The van der Waals surface area contributed by atoms with Crippen molar-refractivity contribution in [2.75, 3.05) is 56.5 Å². The summed E-state index contributed by atoms with van der Waals surface area (Å²) >= 11 is 5.92. The molecule has 0 saturated heterocycles. The molecule has 2 rings (SSSR count). The van der Waals surface area contributed by atoms with E-state index in [-0.39, 0.29) is 22.3 Å². The van der Waals surface area contributed by atoms with Crippen LogP contribution in [-0.2, 0) is 15.7 Å². The number of methoxy groups -OCH3 is 2. The van der Waals surface area contributed by atoms with Crippen LogP contribution in [0.25, 0.3) is 0 Å². The Bertz CT molecular complexity index is 785. The topological polar surface area (TPSA) is 98.4 Å². The van der Waals surface area contributed by atoms with Crippen LogP contribution in [0.5, 0.6) is 0 Å². The van der Waals surface area contributed by atoms with Crippen molar-refractivity contribution in [3.63, 3.8) is 0 Å². The molecule has 2 aromatic rings. The molecular formula is C16H20ClF3N6O2. The number of nitrogens with zero attached hydrogens (tertiary/aromatic N) is 4. The van der Waals surface area contributed by atoms with Crippen LogP contribution in [-0.4, -0.2) is 55.5 Å². The van der Waals surface area contributed by atoms with Gasteiger partial charge in [0.2, 0.25) is 0 Å². The van der Waals surface area contributed by atoms with Crippen LogP contribution in [0.4, 0.5) is 36.3 Å². The number of nitrogens with two attached hydrogens (primary N) is 1. The first kappa shape index (κ1) is 21.9. The van der Waals surface area contributed by atoms with E-state index < -0.39 is 11.7 Å². The van der Waals surface area contributed by atoms with Crippen LogP contribution < -0.4 is 16.0 Å². The van der Waals surface area contributed by atoms with Crippen LogP contribution in [0.1, 0.15) is 5.56 Å². The first-order valence-corrected chi connectivity index (χ1v) is 8.48. The van der Waals surface area contributed by atoms with E-state index in [1.54, 1.807) is 14.2 Å². The number of ether oxygens (including phenoxy) is 2. The van der Waals surface area contributed by atoms with E-state index in [9.17, 15) is 13.2 Å². The van der Waals surface area contributed by atoms with Gasteiger partial charge in [0.1, 0.15) is 17.8 Å². The number of nitrogen functional groups attached to an aromatic ring is 1. The van der Waals surface area contributed by atoms with Crippen molar-refractivity contribution in [2.24, 2.45) is 0 Å². The van der Waals surface area contributed by atoms with E-state index in [2.05, 4.69) is 20.3 Å². The maximum atomic E-state index is 12.8. The molecule has 8 nitrogen and oxygen atoms in total. The summed E-state index contributed by atoms with van der Waals surface area (Å²) in [5.41, 5.74) is 5.40. The lowest BCUT2D eigenvalue weighted by Crippen LogP contribution is -2.32. The zero-order chi connectivity index (χ0) is 20.7. The van der Waals surface area contributed by atoms with E-state index in [4.69, 9.17) is 26.8 Å². The predicted molar refractivity (Wildman–Crippen MR) is 99.9 cm³/mol. The van der Waals surface area contributed by atoms with Crippen molar-refractivity contribution in [3.05, 3.63) is 29.2 Å². The smallest absolute Gasteiger partial charge is 0.393 e. The fourth-order valence-corrected chi connectivity index (χ4v) is 2.48. The highest BCUT2D eigenvalue weighted by atomic mass is 35.5. The molecule has 0 spiro atoms. The van der Waals surface area contributed by atoms with Crippen LogP contribution in [0.2, 0.25) is 5.02 Å². The average Bonchev–Trinajstić information content (AvgIpc) is 2.64. The van der Waals surface area contributed by atoms with Gasteiger partial charge in [-0.3, -0.25) is 0 Å². The summed E-state index contributed by atoms with van der Waals surface area (Å²) in [5.74, 6) is 0.583. The lowest BCUT2D eigenvalue weighted by molar-refractivity contribution is -0.137. The van der Waals surface area contributed by atoms with Gasteiger partial charge in [-0.15, -0.1) is 0 Å². The quantitative estimate of drug-likeness (QED) is 0.639. The number of rotatable bonds is 9. The maximum absolute atomic E-state index is 12.8. The SMILES string of the molecule is COCCN(CCOC)c1ncnc(Nc2ncc(C(F)(F)F)cc2Cl)c1N. The number of hydrogen-bond acceptors (Lipinski definition) is 8. The van der Waals surface area contributed by atoms with Gasteiger partial charge < -0.3 is 25.4 Å².